The van der Waals surface area contributed by atoms with Crippen molar-refractivity contribution >= 4 is 41.0 Å². The molecule has 0 saturated heterocycles. The summed E-state index contributed by atoms with van der Waals surface area (Å²) in [6.07, 6.45) is 1.16. The van der Waals surface area contributed by atoms with Crippen molar-refractivity contribution < 1.29 is 14.8 Å². The Balaban J connectivity index is 2.13. The van der Waals surface area contributed by atoms with Crippen molar-refractivity contribution in [3.63, 3.8) is 0 Å². The van der Waals surface area contributed by atoms with Gasteiger partial charge in [0.05, 0.1) is 16.2 Å². The fourth-order valence-electron chi connectivity index (χ4n) is 1.67. The van der Waals surface area contributed by atoms with E-state index in [1.807, 2.05) is 0 Å². The fraction of sp³-hybridized carbons (Fsp3) is 0. The van der Waals surface area contributed by atoms with E-state index in [0.717, 1.165) is 12.3 Å². The number of rotatable bonds is 4. The van der Waals surface area contributed by atoms with Gasteiger partial charge in [0.2, 0.25) is 0 Å². The molecule has 0 saturated carbocycles. The number of hydrogen-bond acceptors (Lipinski definition) is 5. The second-order valence-electron chi connectivity index (χ2n) is 4.33. The monoisotopic (exact) mass is 353 g/mol. The van der Waals surface area contributed by atoms with E-state index in [2.05, 4.69) is 10.5 Å². The second-order valence-corrected chi connectivity index (χ2v) is 5.18. The Morgan fingerprint density at radius 1 is 1.30 bits per heavy atom. The van der Waals surface area contributed by atoms with Crippen molar-refractivity contribution in [3.05, 3.63) is 67.7 Å². The minimum Gasteiger partial charge on any atom is -0.506 e. The molecule has 0 aliphatic heterocycles. The summed E-state index contributed by atoms with van der Waals surface area (Å²) in [6, 6.07) is 7.96. The van der Waals surface area contributed by atoms with Gasteiger partial charge in [-0.2, -0.15) is 5.10 Å². The van der Waals surface area contributed by atoms with Crippen LogP contribution in [-0.2, 0) is 0 Å². The number of nitro groups is 1. The Kier molecular flexibility index (Phi) is 5.15. The first-order valence-corrected chi connectivity index (χ1v) is 6.90. The summed E-state index contributed by atoms with van der Waals surface area (Å²) in [5, 5.41) is 24.4. The molecular weight excluding hydrogens is 345 g/mol. The SMILES string of the molecule is O=C(NN=Cc1cc(Cl)cc(Cl)c1O)c1cccc([N+](=O)[O-])c1. The number of carbonyl (C=O) groups is 1. The zero-order chi connectivity index (χ0) is 17.0. The Hall–Kier alpha value is -2.64. The highest BCUT2D eigenvalue weighted by atomic mass is 35.5. The van der Waals surface area contributed by atoms with Crippen LogP contribution in [0.25, 0.3) is 0 Å². The van der Waals surface area contributed by atoms with Crippen LogP contribution in [0.3, 0.4) is 0 Å². The van der Waals surface area contributed by atoms with Crippen LogP contribution in [-0.4, -0.2) is 22.2 Å². The fourth-order valence-corrected chi connectivity index (χ4v) is 2.18. The lowest BCUT2D eigenvalue weighted by atomic mass is 10.2. The van der Waals surface area contributed by atoms with Gasteiger partial charge in [0.1, 0.15) is 5.75 Å². The first-order valence-electron chi connectivity index (χ1n) is 6.14. The van der Waals surface area contributed by atoms with Gasteiger partial charge < -0.3 is 5.11 Å². The van der Waals surface area contributed by atoms with Gasteiger partial charge in [0, 0.05) is 28.3 Å². The van der Waals surface area contributed by atoms with Crippen molar-refractivity contribution in [3.8, 4) is 5.75 Å². The average molecular weight is 354 g/mol. The molecule has 2 N–H and O–H groups in total. The van der Waals surface area contributed by atoms with Crippen LogP contribution in [0.2, 0.25) is 10.0 Å². The number of carbonyl (C=O) groups excluding carboxylic acids is 1. The molecule has 0 bridgehead atoms. The van der Waals surface area contributed by atoms with Crippen LogP contribution in [0, 0.1) is 10.1 Å². The standard InChI is InChI=1S/C14H9Cl2N3O4/c15-10-4-9(13(20)12(16)6-10)7-17-18-14(21)8-2-1-3-11(5-8)19(22)23/h1-7,20H,(H,18,21). The molecule has 0 aromatic heterocycles. The third kappa shape index (κ3) is 4.18. The minimum absolute atomic E-state index is 0.0453. The van der Waals surface area contributed by atoms with Crippen LogP contribution >= 0.6 is 23.2 Å². The maximum atomic E-state index is 11.9. The molecule has 0 spiro atoms. The molecule has 23 heavy (non-hydrogen) atoms. The summed E-state index contributed by atoms with van der Waals surface area (Å²) in [6.45, 7) is 0. The average Bonchev–Trinajstić information content (AvgIpc) is 2.51. The van der Waals surface area contributed by atoms with Gasteiger partial charge in [0.25, 0.3) is 11.6 Å². The Morgan fingerprint density at radius 3 is 2.74 bits per heavy atom. The Morgan fingerprint density at radius 2 is 2.04 bits per heavy atom. The number of aromatic hydroxyl groups is 1. The van der Waals surface area contributed by atoms with Crippen LogP contribution in [0.4, 0.5) is 5.69 Å². The molecular formula is C14H9Cl2N3O4. The zero-order valence-corrected chi connectivity index (χ0v) is 12.9. The van der Waals surface area contributed by atoms with Crippen LogP contribution in [0.1, 0.15) is 15.9 Å². The number of halogens is 2. The molecule has 0 radical (unpaired) electrons. The maximum Gasteiger partial charge on any atom is 0.271 e. The number of benzene rings is 2. The van der Waals surface area contributed by atoms with E-state index in [0.29, 0.717) is 5.02 Å². The molecule has 2 rings (SSSR count). The van der Waals surface area contributed by atoms with Gasteiger partial charge in [-0.3, -0.25) is 14.9 Å². The predicted octanol–water partition coefficient (Wildman–Crippen LogP) is 3.37. The van der Waals surface area contributed by atoms with E-state index in [4.69, 9.17) is 23.2 Å². The molecule has 0 aliphatic carbocycles. The van der Waals surface area contributed by atoms with Crippen molar-refractivity contribution in [2.45, 2.75) is 0 Å². The van der Waals surface area contributed by atoms with E-state index in [1.54, 1.807) is 0 Å². The predicted molar refractivity (Wildman–Crippen MR) is 86.3 cm³/mol. The summed E-state index contributed by atoms with van der Waals surface area (Å²) in [4.78, 5) is 21.9. The van der Waals surface area contributed by atoms with Crippen LogP contribution in [0.5, 0.6) is 5.75 Å². The minimum atomic E-state index is -0.641. The second kappa shape index (κ2) is 7.08. The number of hydrogen-bond donors (Lipinski definition) is 2. The Bertz CT molecular complexity index is 809. The van der Waals surface area contributed by atoms with E-state index >= 15 is 0 Å². The van der Waals surface area contributed by atoms with Gasteiger partial charge >= 0.3 is 0 Å². The lowest BCUT2D eigenvalue weighted by molar-refractivity contribution is -0.384. The molecule has 9 heteroatoms. The Labute approximate surface area is 140 Å². The third-order valence-corrected chi connectivity index (χ3v) is 3.25. The number of amides is 1. The summed E-state index contributed by atoms with van der Waals surface area (Å²) in [5.41, 5.74) is 2.27. The molecule has 1 amide bonds. The molecule has 0 fully saturated rings. The van der Waals surface area contributed by atoms with Crippen molar-refractivity contribution in [2.24, 2.45) is 5.10 Å². The van der Waals surface area contributed by atoms with E-state index < -0.39 is 10.8 Å². The third-order valence-electron chi connectivity index (χ3n) is 2.75. The molecule has 2 aromatic carbocycles. The number of nitro benzene ring substituents is 1. The summed E-state index contributed by atoms with van der Waals surface area (Å²) in [5.74, 6) is -0.873. The van der Waals surface area contributed by atoms with Gasteiger partial charge in [-0.05, 0) is 18.2 Å². The normalized spacial score (nSPS) is 10.7. The first-order chi connectivity index (χ1) is 10.9. The van der Waals surface area contributed by atoms with Gasteiger partial charge in [-0.1, -0.05) is 29.3 Å². The summed E-state index contributed by atoms with van der Waals surface area (Å²) < 4.78 is 0. The van der Waals surface area contributed by atoms with Crippen molar-refractivity contribution in [2.75, 3.05) is 0 Å². The number of phenols is 1. The van der Waals surface area contributed by atoms with Crippen molar-refractivity contribution in [1.29, 1.82) is 0 Å². The number of phenolic OH excluding ortho intramolecular Hbond substituents is 1. The first kappa shape index (κ1) is 16.7. The number of non-ortho nitro benzene ring substituents is 1. The van der Waals surface area contributed by atoms with Crippen molar-refractivity contribution in [1.82, 2.24) is 5.43 Å². The van der Waals surface area contributed by atoms with E-state index in [-0.39, 0.29) is 27.6 Å². The maximum absolute atomic E-state index is 11.9. The lowest BCUT2D eigenvalue weighted by Gasteiger charge is -2.03. The molecule has 7 nitrogen and oxygen atoms in total. The van der Waals surface area contributed by atoms with Gasteiger partial charge in [-0.15, -0.1) is 0 Å². The molecule has 0 atom stereocenters. The van der Waals surface area contributed by atoms with Crippen LogP contribution < -0.4 is 5.43 Å². The molecule has 118 valence electrons. The van der Waals surface area contributed by atoms with Gasteiger partial charge in [-0.25, -0.2) is 5.43 Å². The highest BCUT2D eigenvalue weighted by Crippen LogP contribution is 2.29. The highest BCUT2D eigenvalue weighted by Gasteiger charge is 2.11. The molecule has 2 aromatic rings. The summed E-state index contributed by atoms with van der Waals surface area (Å²) >= 11 is 11.6. The highest BCUT2D eigenvalue weighted by molar-refractivity contribution is 6.36. The molecule has 0 heterocycles. The largest absolute Gasteiger partial charge is 0.506 e. The molecule has 0 aliphatic rings. The van der Waals surface area contributed by atoms with E-state index in [9.17, 15) is 20.0 Å². The quantitative estimate of drug-likeness (QED) is 0.499. The zero-order valence-electron chi connectivity index (χ0n) is 11.4. The summed E-state index contributed by atoms with van der Waals surface area (Å²) in [7, 11) is 0. The molecule has 0 unspecified atom stereocenters. The smallest absolute Gasteiger partial charge is 0.271 e. The lowest BCUT2D eigenvalue weighted by Crippen LogP contribution is -2.17. The van der Waals surface area contributed by atoms with E-state index in [1.165, 1.54) is 30.3 Å². The number of nitrogens with zero attached hydrogens (tertiary/aromatic N) is 2. The van der Waals surface area contributed by atoms with Gasteiger partial charge in [0.15, 0.2) is 0 Å². The number of nitrogens with one attached hydrogen (secondary N) is 1. The number of hydrazone groups is 1. The van der Waals surface area contributed by atoms with Crippen LogP contribution in [0.15, 0.2) is 41.5 Å². The topological polar surface area (TPSA) is 105 Å².